The van der Waals surface area contributed by atoms with Crippen LogP contribution in [0.15, 0.2) is 30.3 Å². The molecule has 0 aliphatic carbocycles. The topological polar surface area (TPSA) is 55.4 Å². The van der Waals surface area contributed by atoms with Gasteiger partial charge in [0.05, 0.1) is 31.2 Å². The Labute approximate surface area is 170 Å². The lowest BCUT2D eigenvalue weighted by Gasteiger charge is -2.15. The molecule has 0 heterocycles. The van der Waals surface area contributed by atoms with Crippen LogP contribution in [0.25, 0.3) is 0 Å². The molecule has 1 amide bonds. The van der Waals surface area contributed by atoms with Gasteiger partial charge in [0.1, 0.15) is 0 Å². The molecule has 0 unspecified atom stereocenters. The van der Waals surface area contributed by atoms with E-state index in [9.17, 15) is 9.59 Å². The van der Waals surface area contributed by atoms with Crippen LogP contribution in [0.3, 0.4) is 0 Å². The van der Waals surface area contributed by atoms with Crippen molar-refractivity contribution in [1.82, 2.24) is 5.32 Å². The molecule has 2 aromatic rings. The highest BCUT2D eigenvalue weighted by molar-refractivity contribution is 6.54. The number of carbonyl (C=O) groups is 2. The minimum atomic E-state index is -0.932. The zero-order valence-corrected chi connectivity index (χ0v) is 16.1. The average molecular weight is 431 g/mol. The summed E-state index contributed by atoms with van der Waals surface area (Å²) < 4.78 is 4.86. The van der Waals surface area contributed by atoms with E-state index < -0.39 is 11.9 Å². The number of carbonyl (C=O) groups excluding carboxylic acids is 2. The first-order valence-electron chi connectivity index (χ1n) is 7.17. The van der Waals surface area contributed by atoms with Gasteiger partial charge < -0.3 is 10.1 Å². The summed E-state index contributed by atoms with van der Waals surface area (Å²) >= 11 is 24.3. The van der Waals surface area contributed by atoms with Gasteiger partial charge in [0.2, 0.25) is 0 Å². The molecule has 0 saturated carbocycles. The smallest absolute Gasteiger partial charge is 0.341 e. The van der Waals surface area contributed by atoms with Crippen LogP contribution < -0.4 is 5.32 Å². The van der Waals surface area contributed by atoms with Gasteiger partial charge in [0.15, 0.2) is 6.61 Å². The average Bonchev–Trinajstić information content (AvgIpc) is 2.65. The van der Waals surface area contributed by atoms with E-state index in [-0.39, 0.29) is 44.4 Å². The van der Waals surface area contributed by atoms with E-state index in [2.05, 4.69) is 11.2 Å². The number of ether oxygens (including phenoxy) is 1. The maximum absolute atomic E-state index is 12.6. The van der Waals surface area contributed by atoms with Crippen molar-refractivity contribution >= 4 is 58.3 Å². The summed E-state index contributed by atoms with van der Waals surface area (Å²) in [7, 11) is 0. The van der Waals surface area contributed by atoms with Gasteiger partial charge in [0.25, 0.3) is 5.91 Å². The van der Waals surface area contributed by atoms with Crippen LogP contribution in [0.2, 0.25) is 20.1 Å². The number of hydrogen-bond acceptors (Lipinski definition) is 3. The van der Waals surface area contributed by atoms with Crippen molar-refractivity contribution in [1.29, 1.82) is 0 Å². The second kappa shape index (κ2) is 9.16. The third kappa shape index (κ3) is 4.44. The van der Waals surface area contributed by atoms with E-state index in [0.717, 1.165) is 5.56 Å². The monoisotopic (exact) mass is 429 g/mol. The van der Waals surface area contributed by atoms with Crippen LogP contribution in [0.5, 0.6) is 0 Å². The Morgan fingerprint density at radius 3 is 2.12 bits per heavy atom. The molecule has 2 aromatic carbocycles. The molecule has 134 valence electrons. The summed E-state index contributed by atoms with van der Waals surface area (Å²) in [5.41, 5.74) is 0.315. The molecule has 26 heavy (non-hydrogen) atoms. The fourth-order valence-electron chi connectivity index (χ4n) is 2.08. The van der Waals surface area contributed by atoms with Crippen molar-refractivity contribution < 1.29 is 14.3 Å². The Morgan fingerprint density at radius 2 is 1.54 bits per heavy atom. The quantitative estimate of drug-likeness (QED) is 0.313. The van der Waals surface area contributed by atoms with Crippen LogP contribution in [-0.4, -0.2) is 18.5 Å². The van der Waals surface area contributed by atoms with Gasteiger partial charge in [0, 0.05) is 6.54 Å². The third-order valence-electron chi connectivity index (χ3n) is 3.28. The summed E-state index contributed by atoms with van der Waals surface area (Å²) in [6.07, 6.45) is 5.07. The molecular formula is C18H11Cl4NO3. The molecule has 0 bridgehead atoms. The van der Waals surface area contributed by atoms with E-state index in [1.54, 1.807) is 0 Å². The number of rotatable bonds is 5. The molecule has 0 atom stereocenters. The summed E-state index contributed by atoms with van der Waals surface area (Å²) in [4.78, 5) is 24.9. The maximum atomic E-state index is 12.6. The minimum absolute atomic E-state index is 0.142. The highest BCUT2D eigenvalue weighted by Gasteiger charge is 2.29. The number of amides is 1. The van der Waals surface area contributed by atoms with E-state index >= 15 is 0 Å². The van der Waals surface area contributed by atoms with Crippen molar-refractivity contribution in [3.8, 4) is 12.3 Å². The fourth-order valence-corrected chi connectivity index (χ4v) is 3.10. The van der Waals surface area contributed by atoms with Gasteiger partial charge in [-0.1, -0.05) is 82.7 Å². The Hall–Kier alpha value is -1.90. The number of halogens is 4. The van der Waals surface area contributed by atoms with Crippen molar-refractivity contribution in [2.24, 2.45) is 0 Å². The maximum Gasteiger partial charge on any atom is 0.341 e. The lowest BCUT2D eigenvalue weighted by atomic mass is 10.1. The first-order valence-corrected chi connectivity index (χ1v) is 8.68. The van der Waals surface area contributed by atoms with Crippen molar-refractivity contribution in [2.75, 3.05) is 6.61 Å². The zero-order valence-electron chi connectivity index (χ0n) is 13.1. The molecule has 4 nitrogen and oxygen atoms in total. The molecule has 0 spiro atoms. The first-order chi connectivity index (χ1) is 12.4. The number of esters is 1. The van der Waals surface area contributed by atoms with Gasteiger partial charge in [-0.3, -0.25) is 4.79 Å². The summed E-state index contributed by atoms with van der Waals surface area (Å²) in [5.74, 6) is 0.553. The van der Waals surface area contributed by atoms with E-state index in [1.165, 1.54) is 0 Å². The second-order valence-corrected chi connectivity index (χ2v) is 6.47. The molecule has 8 heteroatoms. The molecule has 0 fully saturated rings. The highest BCUT2D eigenvalue weighted by atomic mass is 35.5. The van der Waals surface area contributed by atoms with Gasteiger partial charge in [-0.15, -0.1) is 6.42 Å². The summed E-state index contributed by atoms with van der Waals surface area (Å²) in [6.45, 7) is -0.106. The number of benzene rings is 2. The van der Waals surface area contributed by atoms with Crippen molar-refractivity contribution in [3.63, 3.8) is 0 Å². The van der Waals surface area contributed by atoms with Gasteiger partial charge in [-0.05, 0) is 5.56 Å². The molecule has 0 aliphatic rings. The Kier molecular flexibility index (Phi) is 7.19. The van der Waals surface area contributed by atoms with E-state index in [0.29, 0.717) is 0 Å². The van der Waals surface area contributed by atoms with Gasteiger partial charge in [-0.25, -0.2) is 4.79 Å². The molecular weight excluding hydrogens is 420 g/mol. The van der Waals surface area contributed by atoms with Crippen molar-refractivity contribution in [3.05, 3.63) is 67.1 Å². The summed E-state index contributed by atoms with van der Waals surface area (Å²) in [6, 6.07) is 9.15. The predicted octanol–water partition coefficient (Wildman–Crippen LogP) is 5.02. The third-order valence-corrected chi connectivity index (χ3v) is 5.08. The minimum Gasteiger partial charge on any atom is -0.449 e. The molecule has 0 aromatic heterocycles. The number of nitrogens with one attached hydrogen (secondary N) is 1. The Bertz CT molecular complexity index is 892. The molecule has 0 radical (unpaired) electrons. The standard InChI is InChI=1S/C18H11Cl4NO3/c1-2-8-26-18(25)12-11(13(19)15(21)16(22)14(12)20)17(24)23-9-10-6-4-3-5-7-10/h1,3-7H,8-9H2,(H,23,24). The first kappa shape index (κ1) is 20.4. The Balaban J connectivity index is 2.43. The SMILES string of the molecule is C#CCOC(=O)c1c(Cl)c(Cl)c(Cl)c(Cl)c1C(=O)NCc1ccccc1. The second-order valence-electron chi connectivity index (χ2n) is 4.95. The largest absolute Gasteiger partial charge is 0.449 e. The lowest BCUT2D eigenvalue weighted by molar-refractivity contribution is 0.0553. The van der Waals surface area contributed by atoms with Crippen LogP contribution in [0, 0.1) is 12.3 Å². The van der Waals surface area contributed by atoms with Gasteiger partial charge >= 0.3 is 5.97 Å². The molecule has 0 saturated heterocycles. The van der Waals surface area contributed by atoms with E-state index in [4.69, 9.17) is 57.6 Å². The highest BCUT2D eigenvalue weighted by Crippen LogP contribution is 2.41. The zero-order chi connectivity index (χ0) is 19.3. The van der Waals surface area contributed by atoms with Crippen LogP contribution in [0.1, 0.15) is 26.3 Å². The van der Waals surface area contributed by atoms with Crippen molar-refractivity contribution in [2.45, 2.75) is 6.54 Å². The van der Waals surface area contributed by atoms with Crippen LogP contribution in [-0.2, 0) is 11.3 Å². The number of terminal acetylenes is 1. The Morgan fingerprint density at radius 1 is 0.962 bits per heavy atom. The summed E-state index contributed by atoms with van der Waals surface area (Å²) in [5, 5.41) is 1.89. The predicted molar refractivity (Wildman–Crippen MR) is 103 cm³/mol. The fraction of sp³-hybridized carbons (Fsp3) is 0.111. The normalized spacial score (nSPS) is 10.1. The van der Waals surface area contributed by atoms with E-state index in [1.807, 2.05) is 30.3 Å². The van der Waals surface area contributed by atoms with Crippen LogP contribution >= 0.6 is 46.4 Å². The number of hydrogen-bond donors (Lipinski definition) is 1. The molecule has 0 aliphatic heterocycles. The molecule has 2 rings (SSSR count). The molecule has 1 N–H and O–H groups in total. The van der Waals surface area contributed by atoms with Gasteiger partial charge in [-0.2, -0.15) is 0 Å². The van der Waals surface area contributed by atoms with Crippen LogP contribution in [0.4, 0.5) is 0 Å². The lowest BCUT2D eigenvalue weighted by Crippen LogP contribution is -2.26.